The molecule has 1 aliphatic heterocycles. The molecule has 0 bridgehead atoms. The normalized spacial score (nSPS) is 16.4. The van der Waals surface area contributed by atoms with Crippen molar-refractivity contribution in [2.75, 3.05) is 6.61 Å². The topological polar surface area (TPSA) is 73.2 Å². The van der Waals surface area contributed by atoms with Gasteiger partial charge >= 0.3 is 0 Å². The van der Waals surface area contributed by atoms with Crippen molar-refractivity contribution < 1.29 is 9.53 Å². The molecule has 3 heterocycles. The standard InChI is InChI=1S/C17H15N3O3S/c21-15(9-20-10-18-16-12(17(20)22)6-8-24-16)19-13-5-7-23-14-4-2-1-3-11(13)14/h1-4,6,8,10,13H,5,7,9H2,(H,19,21). The van der Waals surface area contributed by atoms with Gasteiger partial charge in [-0.15, -0.1) is 11.3 Å². The summed E-state index contributed by atoms with van der Waals surface area (Å²) >= 11 is 1.41. The molecule has 1 unspecified atom stereocenters. The second-order valence-electron chi connectivity index (χ2n) is 5.61. The summed E-state index contributed by atoms with van der Waals surface area (Å²) in [5.41, 5.74) is 0.777. The van der Waals surface area contributed by atoms with Crippen LogP contribution in [-0.2, 0) is 11.3 Å². The molecule has 0 saturated carbocycles. The first-order valence-corrected chi connectivity index (χ1v) is 8.54. The summed E-state index contributed by atoms with van der Waals surface area (Å²) < 4.78 is 6.94. The van der Waals surface area contributed by atoms with E-state index in [0.717, 1.165) is 11.3 Å². The van der Waals surface area contributed by atoms with Gasteiger partial charge < -0.3 is 10.1 Å². The van der Waals surface area contributed by atoms with Gasteiger partial charge in [-0.05, 0) is 17.5 Å². The van der Waals surface area contributed by atoms with Crippen molar-refractivity contribution in [3.8, 4) is 5.75 Å². The van der Waals surface area contributed by atoms with Crippen molar-refractivity contribution in [1.29, 1.82) is 0 Å². The van der Waals surface area contributed by atoms with Gasteiger partial charge in [0, 0.05) is 12.0 Å². The Morgan fingerprint density at radius 3 is 3.17 bits per heavy atom. The number of carbonyl (C=O) groups excluding carboxylic acids is 1. The Kier molecular flexibility index (Phi) is 3.78. The third-order valence-corrected chi connectivity index (χ3v) is 4.88. The summed E-state index contributed by atoms with van der Waals surface area (Å²) in [4.78, 5) is 29.6. The molecule has 2 aromatic heterocycles. The Morgan fingerprint density at radius 2 is 2.25 bits per heavy atom. The van der Waals surface area contributed by atoms with Crippen LogP contribution in [0.2, 0.25) is 0 Å². The Bertz CT molecular complexity index is 963. The number of hydrogen-bond acceptors (Lipinski definition) is 5. The smallest absolute Gasteiger partial charge is 0.262 e. The summed E-state index contributed by atoms with van der Waals surface area (Å²) in [6.45, 7) is 0.515. The van der Waals surface area contributed by atoms with E-state index < -0.39 is 0 Å². The Morgan fingerprint density at radius 1 is 1.38 bits per heavy atom. The quantitative estimate of drug-likeness (QED) is 0.792. The zero-order chi connectivity index (χ0) is 16.5. The summed E-state index contributed by atoms with van der Waals surface area (Å²) in [6.07, 6.45) is 2.14. The van der Waals surface area contributed by atoms with Crippen LogP contribution in [0.5, 0.6) is 5.75 Å². The maximum atomic E-state index is 12.4. The molecule has 0 saturated heterocycles. The molecule has 0 radical (unpaired) electrons. The Balaban J connectivity index is 1.53. The third-order valence-electron chi connectivity index (χ3n) is 4.06. The summed E-state index contributed by atoms with van der Waals surface area (Å²) in [5.74, 6) is 0.586. The predicted molar refractivity (Wildman–Crippen MR) is 91.3 cm³/mol. The van der Waals surface area contributed by atoms with Crippen LogP contribution in [0.3, 0.4) is 0 Å². The molecule has 6 nitrogen and oxygen atoms in total. The minimum absolute atomic E-state index is 0.0445. The van der Waals surface area contributed by atoms with Crippen LogP contribution in [-0.4, -0.2) is 22.1 Å². The van der Waals surface area contributed by atoms with E-state index in [-0.39, 0.29) is 24.1 Å². The monoisotopic (exact) mass is 341 g/mol. The van der Waals surface area contributed by atoms with Gasteiger partial charge in [0.25, 0.3) is 5.56 Å². The maximum absolute atomic E-state index is 12.4. The molecule has 1 amide bonds. The number of hydrogen-bond donors (Lipinski definition) is 1. The van der Waals surface area contributed by atoms with Crippen LogP contribution in [0.4, 0.5) is 0 Å². The number of para-hydroxylation sites is 1. The highest BCUT2D eigenvalue weighted by Gasteiger charge is 2.22. The molecule has 0 spiro atoms. The highest BCUT2D eigenvalue weighted by Crippen LogP contribution is 2.31. The van der Waals surface area contributed by atoms with Gasteiger partial charge in [-0.3, -0.25) is 14.2 Å². The lowest BCUT2D eigenvalue weighted by molar-refractivity contribution is -0.122. The molecule has 0 fully saturated rings. The zero-order valence-electron chi connectivity index (χ0n) is 12.8. The molecule has 7 heteroatoms. The van der Waals surface area contributed by atoms with Gasteiger partial charge in [-0.25, -0.2) is 4.98 Å². The van der Waals surface area contributed by atoms with Crippen molar-refractivity contribution in [2.45, 2.75) is 19.0 Å². The number of amides is 1. The molecular weight excluding hydrogens is 326 g/mol. The number of aromatic nitrogens is 2. The van der Waals surface area contributed by atoms with Crippen LogP contribution < -0.4 is 15.6 Å². The second-order valence-corrected chi connectivity index (χ2v) is 6.51. The van der Waals surface area contributed by atoms with E-state index in [9.17, 15) is 9.59 Å². The minimum Gasteiger partial charge on any atom is -0.493 e. The van der Waals surface area contributed by atoms with Crippen LogP contribution in [0.1, 0.15) is 18.0 Å². The Labute approximate surface area is 141 Å². The van der Waals surface area contributed by atoms with Gasteiger partial charge in [0.15, 0.2) is 0 Å². The van der Waals surface area contributed by atoms with E-state index in [1.54, 1.807) is 6.07 Å². The second kappa shape index (κ2) is 6.09. The molecular formula is C17H15N3O3S. The van der Waals surface area contributed by atoms with E-state index >= 15 is 0 Å². The van der Waals surface area contributed by atoms with E-state index in [1.807, 2.05) is 29.6 Å². The summed E-state index contributed by atoms with van der Waals surface area (Å²) in [5, 5.41) is 5.36. The van der Waals surface area contributed by atoms with Gasteiger partial charge in [-0.1, -0.05) is 18.2 Å². The number of fused-ring (bicyclic) bond motifs is 2. The van der Waals surface area contributed by atoms with Crippen molar-refractivity contribution >= 4 is 27.5 Å². The van der Waals surface area contributed by atoms with Gasteiger partial charge in [0.05, 0.1) is 24.4 Å². The molecule has 1 atom stereocenters. The molecule has 122 valence electrons. The lowest BCUT2D eigenvalue weighted by Crippen LogP contribution is -2.36. The summed E-state index contributed by atoms with van der Waals surface area (Å²) in [6, 6.07) is 9.31. The molecule has 24 heavy (non-hydrogen) atoms. The lowest BCUT2D eigenvalue weighted by atomic mass is 10.0. The van der Waals surface area contributed by atoms with Crippen molar-refractivity contribution in [1.82, 2.24) is 14.9 Å². The molecule has 3 aromatic rings. The first-order valence-electron chi connectivity index (χ1n) is 7.66. The number of nitrogens with one attached hydrogen (secondary N) is 1. The third kappa shape index (κ3) is 2.67. The van der Waals surface area contributed by atoms with Crippen LogP contribution in [0.25, 0.3) is 10.2 Å². The minimum atomic E-state index is -0.213. The molecule has 1 aromatic carbocycles. The maximum Gasteiger partial charge on any atom is 0.262 e. The van der Waals surface area contributed by atoms with Crippen LogP contribution in [0, 0.1) is 0 Å². The van der Waals surface area contributed by atoms with E-state index in [0.29, 0.717) is 23.2 Å². The highest BCUT2D eigenvalue weighted by molar-refractivity contribution is 7.16. The van der Waals surface area contributed by atoms with Gasteiger partial charge in [-0.2, -0.15) is 0 Å². The summed E-state index contributed by atoms with van der Waals surface area (Å²) in [7, 11) is 0. The fourth-order valence-corrected chi connectivity index (χ4v) is 3.62. The Hall–Kier alpha value is -2.67. The highest BCUT2D eigenvalue weighted by atomic mass is 32.1. The fraction of sp³-hybridized carbons (Fsp3) is 0.235. The largest absolute Gasteiger partial charge is 0.493 e. The SMILES string of the molecule is O=C(Cn1cnc2sccc2c1=O)NC1CCOc2ccccc21. The first-order chi connectivity index (χ1) is 11.7. The fourth-order valence-electron chi connectivity index (χ4n) is 2.89. The number of carbonyl (C=O) groups is 1. The zero-order valence-corrected chi connectivity index (χ0v) is 13.6. The average molecular weight is 341 g/mol. The first kappa shape index (κ1) is 14.9. The van der Waals surface area contributed by atoms with Gasteiger partial charge in [0.1, 0.15) is 17.1 Å². The number of thiophene rings is 1. The van der Waals surface area contributed by atoms with Crippen molar-refractivity contribution in [3.05, 3.63) is 58.0 Å². The number of nitrogens with zero attached hydrogens (tertiary/aromatic N) is 2. The van der Waals surface area contributed by atoms with Gasteiger partial charge in [0.2, 0.25) is 5.91 Å². The molecule has 1 aliphatic rings. The van der Waals surface area contributed by atoms with E-state index in [4.69, 9.17) is 4.74 Å². The van der Waals surface area contributed by atoms with E-state index in [1.165, 1.54) is 22.2 Å². The number of ether oxygens (including phenoxy) is 1. The molecule has 4 rings (SSSR count). The molecule has 0 aliphatic carbocycles. The average Bonchev–Trinajstić information content (AvgIpc) is 3.07. The van der Waals surface area contributed by atoms with Crippen LogP contribution >= 0.6 is 11.3 Å². The predicted octanol–water partition coefficient (Wildman–Crippen LogP) is 2.10. The van der Waals surface area contributed by atoms with Crippen LogP contribution in [0.15, 0.2) is 46.8 Å². The molecule has 1 N–H and O–H groups in total. The van der Waals surface area contributed by atoms with E-state index in [2.05, 4.69) is 10.3 Å². The number of rotatable bonds is 3. The lowest BCUT2D eigenvalue weighted by Gasteiger charge is -2.26. The number of benzene rings is 1. The van der Waals surface area contributed by atoms with Crippen molar-refractivity contribution in [3.63, 3.8) is 0 Å². The van der Waals surface area contributed by atoms with Crippen molar-refractivity contribution in [2.24, 2.45) is 0 Å².